The first-order chi connectivity index (χ1) is 9.86. The van der Waals surface area contributed by atoms with E-state index in [1.807, 2.05) is 0 Å². The number of halogens is 2. The summed E-state index contributed by atoms with van der Waals surface area (Å²) in [7, 11) is -4.72. The Hall–Kier alpha value is -1.92. The smallest absolute Gasteiger partial charge is 0.324 e. The Kier molecular flexibility index (Phi) is 4.59. The molecular weight excluding hydrogens is 317 g/mol. The molecule has 4 nitrogen and oxygen atoms in total. The number of para-hydroxylation sites is 1. The Morgan fingerprint density at radius 3 is 2.29 bits per heavy atom. The third-order valence-electron chi connectivity index (χ3n) is 2.72. The van der Waals surface area contributed by atoms with Crippen molar-refractivity contribution in [1.29, 1.82) is 0 Å². The summed E-state index contributed by atoms with van der Waals surface area (Å²) in [5, 5.41) is 3.06. The lowest BCUT2D eigenvalue weighted by molar-refractivity contribution is -0.115. The molecule has 7 heteroatoms. The molecule has 0 aliphatic carbocycles. The summed E-state index contributed by atoms with van der Waals surface area (Å²) in [5.41, 5.74) is 1.05. The van der Waals surface area contributed by atoms with Gasteiger partial charge in [-0.2, -0.15) is 8.42 Å². The first-order valence-corrected chi connectivity index (χ1v) is 7.70. The second kappa shape index (κ2) is 6.24. The number of benzene rings is 2. The van der Waals surface area contributed by atoms with Crippen LogP contribution in [-0.2, 0) is 21.4 Å². The molecule has 0 unspecified atom stereocenters. The summed E-state index contributed by atoms with van der Waals surface area (Å²) < 4.78 is 34.1. The van der Waals surface area contributed by atoms with Crippen molar-refractivity contribution in [3.8, 4) is 0 Å². The molecule has 0 aromatic heterocycles. The van der Waals surface area contributed by atoms with Crippen molar-refractivity contribution in [2.75, 3.05) is 5.32 Å². The highest BCUT2D eigenvalue weighted by atomic mass is 35.5. The first kappa shape index (κ1) is 15.5. The Balaban J connectivity index is 2.05. The van der Waals surface area contributed by atoms with E-state index in [2.05, 4.69) is 5.32 Å². The number of hydrogen-bond donors (Lipinski definition) is 1. The molecule has 2 rings (SSSR count). The number of carbonyl (C=O) groups excluding carboxylic acids is 1. The molecule has 1 amide bonds. The molecule has 0 saturated carbocycles. The zero-order valence-electron chi connectivity index (χ0n) is 10.7. The van der Waals surface area contributed by atoms with E-state index in [1.165, 1.54) is 12.1 Å². The van der Waals surface area contributed by atoms with Crippen LogP contribution in [-0.4, -0.2) is 14.3 Å². The molecule has 0 heterocycles. The van der Waals surface area contributed by atoms with Crippen molar-refractivity contribution >= 4 is 33.4 Å². The van der Waals surface area contributed by atoms with Crippen LogP contribution in [0.1, 0.15) is 5.56 Å². The molecule has 0 bridgehead atoms. The molecule has 0 fully saturated rings. The van der Waals surface area contributed by atoms with Crippen LogP contribution in [0.25, 0.3) is 0 Å². The van der Waals surface area contributed by atoms with E-state index in [4.69, 9.17) is 11.6 Å². The van der Waals surface area contributed by atoms with Crippen molar-refractivity contribution in [3.63, 3.8) is 0 Å². The number of amides is 1. The molecule has 0 saturated heterocycles. The lowest BCUT2D eigenvalue weighted by Gasteiger charge is -2.07. The highest BCUT2D eigenvalue weighted by molar-refractivity contribution is 7.86. The minimum absolute atomic E-state index is 0.0256. The minimum Gasteiger partial charge on any atom is -0.324 e. The summed E-state index contributed by atoms with van der Waals surface area (Å²) in [6.07, 6.45) is 0.0256. The molecule has 2 aromatic rings. The predicted octanol–water partition coefficient (Wildman–Crippen LogP) is 3.18. The number of hydrogen-bond acceptors (Lipinski definition) is 3. The SMILES string of the molecule is O=C(Cc1ccc(S(=O)(=O)F)cc1)Nc1ccccc1Cl. The van der Waals surface area contributed by atoms with Crippen LogP contribution in [0.2, 0.25) is 5.02 Å². The van der Waals surface area contributed by atoms with Gasteiger partial charge in [0, 0.05) is 0 Å². The average Bonchev–Trinajstić information content (AvgIpc) is 2.41. The van der Waals surface area contributed by atoms with Crippen molar-refractivity contribution in [2.45, 2.75) is 11.3 Å². The van der Waals surface area contributed by atoms with Gasteiger partial charge in [0.15, 0.2) is 0 Å². The van der Waals surface area contributed by atoms with Crippen molar-refractivity contribution in [1.82, 2.24) is 0 Å². The van der Waals surface area contributed by atoms with Crippen LogP contribution in [0.5, 0.6) is 0 Å². The van der Waals surface area contributed by atoms with Crippen LogP contribution in [0.4, 0.5) is 9.57 Å². The number of rotatable bonds is 4. The third-order valence-corrected chi connectivity index (χ3v) is 3.88. The molecule has 21 heavy (non-hydrogen) atoms. The largest absolute Gasteiger partial charge is 0.332 e. The molecule has 2 aromatic carbocycles. The van der Waals surface area contributed by atoms with Gasteiger partial charge < -0.3 is 5.32 Å². The van der Waals surface area contributed by atoms with Crippen molar-refractivity contribution < 1.29 is 17.1 Å². The number of nitrogens with one attached hydrogen (secondary N) is 1. The summed E-state index contributed by atoms with van der Waals surface area (Å²) >= 11 is 5.92. The summed E-state index contributed by atoms with van der Waals surface area (Å²) in [5.74, 6) is -0.307. The van der Waals surface area contributed by atoms with E-state index in [0.29, 0.717) is 16.3 Å². The van der Waals surface area contributed by atoms with E-state index < -0.39 is 15.1 Å². The minimum atomic E-state index is -4.72. The van der Waals surface area contributed by atoms with E-state index in [-0.39, 0.29) is 12.3 Å². The van der Waals surface area contributed by atoms with E-state index in [0.717, 1.165) is 12.1 Å². The summed E-state index contributed by atoms with van der Waals surface area (Å²) in [6, 6.07) is 11.8. The Bertz CT molecular complexity index is 760. The molecular formula is C14H11ClFNO3S. The van der Waals surface area contributed by atoms with Crippen molar-refractivity contribution in [3.05, 3.63) is 59.1 Å². The van der Waals surface area contributed by atoms with Gasteiger partial charge >= 0.3 is 10.2 Å². The molecule has 0 aliphatic heterocycles. The lowest BCUT2D eigenvalue weighted by Crippen LogP contribution is -2.14. The van der Waals surface area contributed by atoms with Gasteiger partial charge in [-0.3, -0.25) is 4.79 Å². The normalized spacial score (nSPS) is 11.1. The Labute approximate surface area is 126 Å². The standard InChI is InChI=1S/C14H11ClFNO3S/c15-12-3-1-2-4-13(12)17-14(18)9-10-5-7-11(8-6-10)21(16,19)20/h1-8H,9H2,(H,17,18). The number of carbonyl (C=O) groups is 1. The molecule has 110 valence electrons. The maximum absolute atomic E-state index is 12.7. The second-order valence-electron chi connectivity index (χ2n) is 4.29. The van der Waals surface area contributed by atoms with E-state index in [9.17, 15) is 17.1 Å². The summed E-state index contributed by atoms with van der Waals surface area (Å²) in [4.78, 5) is 11.4. The highest BCUT2D eigenvalue weighted by Crippen LogP contribution is 2.20. The maximum Gasteiger partial charge on any atom is 0.332 e. The Morgan fingerprint density at radius 2 is 1.71 bits per heavy atom. The zero-order valence-corrected chi connectivity index (χ0v) is 12.3. The van der Waals surface area contributed by atoms with Gasteiger partial charge in [-0.15, -0.1) is 3.89 Å². The van der Waals surface area contributed by atoms with Gasteiger partial charge in [-0.25, -0.2) is 0 Å². The van der Waals surface area contributed by atoms with Crippen molar-refractivity contribution in [2.24, 2.45) is 0 Å². The predicted molar refractivity (Wildman–Crippen MR) is 78.5 cm³/mol. The topological polar surface area (TPSA) is 63.2 Å². The van der Waals surface area contributed by atoms with Gasteiger partial charge in [0.05, 0.1) is 22.0 Å². The van der Waals surface area contributed by atoms with Crippen LogP contribution >= 0.6 is 11.6 Å². The van der Waals surface area contributed by atoms with E-state index >= 15 is 0 Å². The van der Waals surface area contributed by atoms with Crippen LogP contribution in [0.3, 0.4) is 0 Å². The van der Waals surface area contributed by atoms with Crippen LogP contribution in [0, 0.1) is 0 Å². The quantitative estimate of drug-likeness (QED) is 0.877. The van der Waals surface area contributed by atoms with E-state index in [1.54, 1.807) is 24.3 Å². The molecule has 0 atom stereocenters. The fourth-order valence-electron chi connectivity index (χ4n) is 1.71. The monoisotopic (exact) mass is 327 g/mol. The van der Waals surface area contributed by atoms with Crippen LogP contribution < -0.4 is 5.32 Å². The van der Waals surface area contributed by atoms with Gasteiger partial charge in [0.1, 0.15) is 0 Å². The Morgan fingerprint density at radius 1 is 1.10 bits per heavy atom. The van der Waals surface area contributed by atoms with Gasteiger partial charge in [0.25, 0.3) is 0 Å². The van der Waals surface area contributed by atoms with Gasteiger partial charge in [0.2, 0.25) is 5.91 Å². The van der Waals surface area contributed by atoms with Gasteiger partial charge in [-0.05, 0) is 29.8 Å². The van der Waals surface area contributed by atoms with Crippen LogP contribution in [0.15, 0.2) is 53.4 Å². The summed E-state index contributed by atoms with van der Waals surface area (Å²) in [6.45, 7) is 0. The zero-order chi connectivity index (χ0) is 15.5. The average molecular weight is 328 g/mol. The maximum atomic E-state index is 12.7. The highest BCUT2D eigenvalue weighted by Gasteiger charge is 2.12. The molecule has 0 aliphatic rings. The molecule has 0 spiro atoms. The fraction of sp³-hybridized carbons (Fsp3) is 0.0714. The third kappa shape index (κ3) is 4.27. The first-order valence-electron chi connectivity index (χ1n) is 5.94. The fourth-order valence-corrected chi connectivity index (χ4v) is 2.36. The second-order valence-corrected chi connectivity index (χ2v) is 6.04. The lowest BCUT2D eigenvalue weighted by atomic mass is 10.1. The molecule has 0 radical (unpaired) electrons. The van der Waals surface area contributed by atoms with Gasteiger partial charge in [-0.1, -0.05) is 35.9 Å². The molecule has 1 N–H and O–H groups in total. The number of anilines is 1.